The summed E-state index contributed by atoms with van der Waals surface area (Å²) in [5.41, 5.74) is 1.29. The van der Waals surface area contributed by atoms with Crippen LogP contribution in [0, 0.1) is 0 Å². The predicted octanol–water partition coefficient (Wildman–Crippen LogP) is 1.93. The average molecular weight is 301 g/mol. The van der Waals surface area contributed by atoms with Crippen molar-refractivity contribution in [2.75, 3.05) is 20.3 Å². The molecule has 1 N–H and O–H groups in total. The first-order valence-corrected chi connectivity index (χ1v) is 7.90. The van der Waals surface area contributed by atoms with Crippen LogP contribution < -0.4 is 0 Å². The predicted molar refractivity (Wildman–Crippen MR) is 83.8 cm³/mol. The van der Waals surface area contributed by atoms with Crippen molar-refractivity contribution in [3.8, 4) is 0 Å². The van der Waals surface area contributed by atoms with E-state index in [0.29, 0.717) is 19.6 Å². The van der Waals surface area contributed by atoms with Crippen molar-refractivity contribution in [3.05, 3.63) is 47.5 Å². The third kappa shape index (κ3) is 2.91. The van der Waals surface area contributed by atoms with Crippen molar-refractivity contribution in [3.63, 3.8) is 0 Å². The summed E-state index contributed by atoms with van der Waals surface area (Å²) in [6, 6.07) is 10.5. The molecule has 118 valence electrons. The maximum absolute atomic E-state index is 9.07. The molecule has 1 aromatic heterocycles. The topological polar surface area (TPSA) is 60.2 Å². The fraction of sp³-hybridized carbons (Fsp3) is 0.529. The number of hydrogen-bond acceptors (Lipinski definition) is 4. The molecule has 0 bridgehead atoms. The van der Waals surface area contributed by atoms with Crippen LogP contribution in [0.25, 0.3) is 0 Å². The number of aromatic nitrogens is 3. The fourth-order valence-electron chi connectivity index (χ4n) is 2.88. The Kier molecular flexibility index (Phi) is 4.55. The van der Waals surface area contributed by atoms with Crippen molar-refractivity contribution >= 4 is 0 Å². The van der Waals surface area contributed by atoms with Crippen molar-refractivity contribution in [1.29, 1.82) is 0 Å². The second kappa shape index (κ2) is 6.58. The zero-order valence-electron chi connectivity index (χ0n) is 13.0. The lowest BCUT2D eigenvalue weighted by Gasteiger charge is -2.11. The van der Waals surface area contributed by atoms with Gasteiger partial charge in [-0.15, -0.1) is 0 Å². The SMILES string of the molecule is COCCc1nc(C2(c3ccccc3)CC2)nn1CCCO. The first-order valence-electron chi connectivity index (χ1n) is 7.90. The highest BCUT2D eigenvalue weighted by Gasteiger charge is 2.49. The van der Waals surface area contributed by atoms with E-state index in [1.165, 1.54) is 5.56 Å². The molecule has 0 radical (unpaired) electrons. The summed E-state index contributed by atoms with van der Waals surface area (Å²) >= 11 is 0. The molecule has 0 spiro atoms. The van der Waals surface area contributed by atoms with Crippen LogP contribution in [0.2, 0.25) is 0 Å². The second-order valence-electron chi connectivity index (χ2n) is 5.84. The number of ether oxygens (including phenoxy) is 1. The van der Waals surface area contributed by atoms with E-state index in [0.717, 1.165) is 30.9 Å². The highest BCUT2D eigenvalue weighted by atomic mass is 16.5. The largest absolute Gasteiger partial charge is 0.396 e. The average Bonchev–Trinajstić information content (AvgIpc) is 3.28. The summed E-state index contributed by atoms with van der Waals surface area (Å²) < 4.78 is 7.11. The quantitative estimate of drug-likeness (QED) is 0.809. The minimum Gasteiger partial charge on any atom is -0.396 e. The summed E-state index contributed by atoms with van der Waals surface area (Å²) in [7, 11) is 1.70. The highest BCUT2D eigenvalue weighted by Crippen LogP contribution is 2.52. The van der Waals surface area contributed by atoms with E-state index in [4.69, 9.17) is 19.9 Å². The fourth-order valence-corrected chi connectivity index (χ4v) is 2.88. The molecule has 3 rings (SSSR count). The molecule has 0 amide bonds. The van der Waals surface area contributed by atoms with E-state index in [1.807, 2.05) is 10.7 Å². The van der Waals surface area contributed by atoms with Crippen LogP contribution in [-0.2, 0) is 23.1 Å². The summed E-state index contributed by atoms with van der Waals surface area (Å²) in [5, 5.41) is 13.8. The zero-order valence-corrected chi connectivity index (χ0v) is 13.0. The third-order valence-corrected chi connectivity index (χ3v) is 4.31. The molecule has 1 saturated carbocycles. The molecule has 0 aliphatic heterocycles. The van der Waals surface area contributed by atoms with E-state index in [9.17, 15) is 0 Å². The number of methoxy groups -OCH3 is 1. The van der Waals surface area contributed by atoms with Gasteiger partial charge in [0.15, 0.2) is 5.82 Å². The molecule has 0 unspecified atom stereocenters. The number of aliphatic hydroxyl groups is 1. The number of aliphatic hydroxyl groups excluding tert-OH is 1. The first kappa shape index (κ1) is 15.2. The van der Waals surface area contributed by atoms with Gasteiger partial charge < -0.3 is 9.84 Å². The van der Waals surface area contributed by atoms with E-state index >= 15 is 0 Å². The molecule has 1 fully saturated rings. The van der Waals surface area contributed by atoms with Gasteiger partial charge in [0.05, 0.1) is 12.0 Å². The van der Waals surface area contributed by atoms with Gasteiger partial charge in [-0.3, -0.25) is 0 Å². The number of rotatable bonds is 8. The van der Waals surface area contributed by atoms with Crippen molar-refractivity contribution in [2.24, 2.45) is 0 Å². The van der Waals surface area contributed by atoms with Gasteiger partial charge in [0.25, 0.3) is 0 Å². The normalized spacial score (nSPS) is 15.9. The number of nitrogens with zero attached hydrogens (tertiary/aromatic N) is 3. The van der Waals surface area contributed by atoms with Crippen LogP contribution in [0.4, 0.5) is 0 Å². The molecule has 5 heteroatoms. The van der Waals surface area contributed by atoms with Crippen LogP contribution in [0.3, 0.4) is 0 Å². The van der Waals surface area contributed by atoms with Crippen LogP contribution in [0.1, 0.15) is 36.5 Å². The van der Waals surface area contributed by atoms with Crippen LogP contribution in [0.5, 0.6) is 0 Å². The van der Waals surface area contributed by atoms with Crippen LogP contribution in [-0.4, -0.2) is 40.2 Å². The molecule has 1 aliphatic rings. The van der Waals surface area contributed by atoms with E-state index < -0.39 is 0 Å². The Labute approximate surface area is 131 Å². The van der Waals surface area contributed by atoms with E-state index in [2.05, 4.69) is 24.3 Å². The molecule has 1 aromatic carbocycles. The minimum atomic E-state index is -0.00640. The number of benzene rings is 1. The van der Waals surface area contributed by atoms with Gasteiger partial charge in [0, 0.05) is 26.7 Å². The van der Waals surface area contributed by atoms with Crippen molar-refractivity contribution < 1.29 is 9.84 Å². The first-order chi connectivity index (χ1) is 10.8. The second-order valence-corrected chi connectivity index (χ2v) is 5.84. The van der Waals surface area contributed by atoms with Gasteiger partial charge in [-0.25, -0.2) is 9.67 Å². The van der Waals surface area contributed by atoms with Crippen molar-refractivity contribution in [2.45, 2.75) is 37.6 Å². The van der Waals surface area contributed by atoms with E-state index in [-0.39, 0.29) is 12.0 Å². The monoisotopic (exact) mass is 301 g/mol. The zero-order chi connectivity index (χ0) is 15.4. The summed E-state index contributed by atoms with van der Waals surface area (Å²) in [4.78, 5) is 4.80. The molecule has 22 heavy (non-hydrogen) atoms. The lowest BCUT2D eigenvalue weighted by Crippen LogP contribution is -2.12. The van der Waals surface area contributed by atoms with E-state index in [1.54, 1.807) is 7.11 Å². The van der Waals surface area contributed by atoms with Gasteiger partial charge in [-0.2, -0.15) is 5.10 Å². The molecular weight excluding hydrogens is 278 g/mol. The lowest BCUT2D eigenvalue weighted by atomic mass is 9.95. The highest BCUT2D eigenvalue weighted by molar-refractivity contribution is 5.39. The molecule has 5 nitrogen and oxygen atoms in total. The molecule has 1 heterocycles. The van der Waals surface area contributed by atoms with Crippen molar-refractivity contribution in [1.82, 2.24) is 14.8 Å². The third-order valence-electron chi connectivity index (χ3n) is 4.31. The number of hydrogen-bond donors (Lipinski definition) is 1. The Morgan fingerprint density at radius 3 is 2.68 bits per heavy atom. The molecule has 1 aliphatic carbocycles. The summed E-state index contributed by atoms with van der Waals surface area (Å²) in [6.07, 6.45) is 3.65. The molecular formula is C17H23N3O2. The van der Waals surface area contributed by atoms with Crippen LogP contribution >= 0.6 is 0 Å². The maximum Gasteiger partial charge on any atom is 0.161 e. The van der Waals surface area contributed by atoms with Gasteiger partial charge in [0.2, 0.25) is 0 Å². The lowest BCUT2D eigenvalue weighted by molar-refractivity contribution is 0.198. The smallest absolute Gasteiger partial charge is 0.161 e. The molecule has 0 saturated heterocycles. The van der Waals surface area contributed by atoms with Gasteiger partial charge in [-0.1, -0.05) is 30.3 Å². The van der Waals surface area contributed by atoms with Crippen LogP contribution in [0.15, 0.2) is 30.3 Å². The number of aryl methyl sites for hydroxylation is 1. The van der Waals surface area contributed by atoms with Gasteiger partial charge in [0.1, 0.15) is 5.82 Å². The Hall–Kier alpha value is -1.72. The standard InChI is InChI=1S/C17H23N3O2/c1-22-13-8-15-18-16(19-20(15)11-5-12-21)17(9-10-17)14-6-3-2-4-7-14/h2-4,6-7,21H,5,8-13H2,1H3. The Morgan fingerprint density at radius 1 is 1.27 bits per heavy atom. The Morgan fingerprint density at radius 2 is 2.05 bits per heavy atom. The Bertz CT molecular complexity index is 580. The maximum atomic E-state index is 9.07. The summed E-state index contributed by atoms with van der Waals surface area (Å²) in [6.45, 7) is 1.51. The van der Waals surface area contributed by atoms with Gasteiger partial charge in [-0.05, 0) is 24.8 Å². The molecule has 2 aromatic rings. The minimum absolute atomic E-state index is 0.00640. The van der Waals surface area contributed by atoms with Gasteiger partial charge >= 0.3 is 0 Å². The summed E-state index contributed by atoms with van der Waals surface area (Å²) in [5.74, 6) is 1.87. The molecule has 0 atom stereocenters. The Balaban J connectivity index is 1.89.